The summed E-state index contributed by atoms with van der Waals surface area (Å²) in [5.41, 5.74) is 0. The Bertz CT molecular complexity index is 428. The molecule has 0 saturated heterocycles. The van der Waals surface area contributed by atoms with Crippen molar-refractivity contribution in [1.29, 1.82) is 0 Å². The van der Waals surface area contributed by atoms with E-state index in [2.05, 4.69) is 10.2 Å². The minimum Gasteiger partial charge on any atom is -0.157 e. The van der Waals surface area contributed by atoms with Crippen LogP contribution in [0.4, 0.5) is 0 Å². The largest absolute Gasteiger partial charge is 0.159 e. The van der Waals surface area contributed by atoms with Crippen molar-refractivity contribution < 1.29 is 0 Å². The van der Waals surface area contributed by atoms with Crippen LogP contribution in [0.25, 0.3) is 10.8 Å². The molecule has 0 amide bonds. The lowest BCUT2D eigenvalue weighted by atomic mass is 10.2. The van der Waals surface area contributed by atoms with Gasteiger partial charge in [0, 0.05) is 15.8 Å². The Hall–Kier alpha value is -0.860. The van der Waals surface area contributed by atoms with Crippen LogP contribution < -0.4 is 0 Å². The summed E-state index contributed by atoms with van der Waals surface area (Å²) in [7, 11) is 0. The van der Waals surface area contributed by atoms with E-state index in [4.69, 9.17) is 23.2 Å². The number of fused-ring (bicyclic) bond motifs is 1. The van der Waals surface area contributed by atoms with Crippen LogP contribution in [-0.2, 0) is 0 Å². The molecule has 1 aromatic carbocycles. The summed E-state index contributed by atoms with van der Waals surface area (Å²) in [6, 6.07) is 5.42. The van der Waals surface area contributed by atoms with Gasteiger partial charge in [0.15, 0.2) is 5.15 Å². The highest BCUT2D eigenvalue weighted by Crippen LogP contribution is 2.23. The molecule has 0 atom stereocenters. The number of aromatic nitrogens is 2. The van der Waals surface area contributed by atoms with E-state index in [1.54, 1.807) is 18.3 Å². The maximum atomic E-state index is 5.80. The molecule has 0 unspecified atom stereocenters. The first-order valence-electron chi connectivity index (χ1n) is 3.34. The maximum absolute atomic E-state index is 5.80. The predicted octanol–water partition coefficient (Wildman–Crippen LogP) is 2.94. The second-order valence-corrected chi connectivity index (χ2v) is 3.16. The zero-order chi connectivity index (χ0) is 8.55. The average molecular weight is 199 g/mol. The molecule has 60 valence electrons. The van der Waals surface area contributed by atoms with Crippen LogP contribution in [-0.4, -0.2) is 10.2 Å². The van der Waals surface area contributed by atoms with E-state index in [-0.39, 0.29) is 0 Å². The zero-order valence-corrected chi connectivity index (χ0v) is 7.47. The monoisotopic (exact) mass is 198 g/mol. The standard InChI is InChI=1S/C8H4Cl2N2/c9-6-2-1-5-4-11-12-8(10)7(5)3-6/h1-4H. The molecule has 2 nitrogen and oxygen atoms in total. The molecule has 0 N–H and O–H groups in total. The van der Waals surface area contributed by atoms with Crippen LogP contribution in [0, 0.1) is 0 Å². The maximum Gasteiger partial charge on any atom is 0.159 e. The molecule has 0 aliphatic rings. The molecule has 2 rings (SSSR count). The quantitative estimate of drug-likeness (QED) is 0.651. The van der Waals surface area contributed by atoms with E-state index < -0.39 is 0 Å². The normalized spacial score (nSPS) is 10.5. The number of rotatable bonds is 0. The summed E-state index contributed by atoms with van der Waals surface area (Å²) in [6.07, 6.45) is 1.65. The first-order chi connectivity index (χ1) is 5.77. The van der Waals surface area contributed by atoms with Crippen LogP contribution >= 0.6 is 23.2 Å². The minimum absolute atomic E-state index is 0.384. The summed E-state index contributed by atoms with van der Waals surface area (Å²) in [6.45, 7) is 0. The van der Waals surface area contributed by atoms with Crippen molar-refractivity contribution in [3.8, 4) is 0 Å². The van der Waals surface area contributed by atoms with Gasteiger partial charge in [-0.15, -0.1) is 5.10 Å². The zero-order valence-electron chi connectivity index (χ0n) is 5.96. The summed E-state index contributed by atoms with van der Waals surface area (Å²) >= 11 is 11.6. The molecule has 0 radical (unpaired) electrons. The van der Waals surface area contributed by atoms with Gasteiger partial charge in [-0.1, -0.05) is 29.3 Å². The van der Waals surface area contributed by atoms with Gasteiger partial charge in [-0.2, -0.15) is 5.10 Å². The van der Waals surface area contributed by atoms with Crippen molar-refractivity contribution in [1.82, 2.24) is 10.2 Å². The Morgan fingerprint density at radius 2 is 2.00 bits per heavy atom. The van der Waals surface area contributed by atoms with Crippen LogP contribution in [0.5, 0.6) is 0 Å². The second kappa shape index (κ2) is 2.88. The summed E-state index contributed by atoms with van der Waals surface area (Å²) in [4.78, 5) is 0. The first kappa shape index (κ1) is 7.77. The van der Waals surface area contributed by atoms with E-state index in [0.29, 0.717) is 10.2 Å². The molecule has 4 heteroatoms. The molecule has 0 aliphatic heterocycles. The summed E-state index contributed by atoms with van der Waals surface area (Å²) in [5.74, 6) is 0. The third-order valence-corrected chi connectivity index (χ3v) is 2.09. The van der Waals surface area contributed by atoms with Gasteiger partial charge < -0.3 is 0 Å². The predicted molar refractivity (Wildman–Crippen MR) is 49.6 cm³/mol. The van der Waals surface area contributed by atoms with E-state index in [1.165, 1.54) is 0 Å². The molecule has 0 spiro atoms. The minimum atomic E-state index is 0.384. The van der Waals surface area contributed by atoms with Crippen LogP contribution in [0.3, 0.4) is 0 Å². The number of hydrogen-bond donors (Lipinski definition) is 0. The van der Waals surface area contributed by atoms with Gasteiger partial charge in [0.25, 0.3) is 0 Å². The highest BCUT2D eigenvalue weighted by atomic mass is 35.5. The van der Waals surface area contributed by atoms with Gasteiger partial charge in [0.05, 0.1) is 6.20 Å². The molecule has 0 saturated carbocycles. The second-order valence-electron chi connectivity index (χ2n) is 2.37. The Kier molecular flexibility index (Phi) is 1.87. The van der Waals surface area contributed by atoms with Crippen molar-refractivity contribution in [2.45, 2.75) is 0 Å². The lowest BCUT2D eigenvalue weighted by Crippen LogP contribution is -1.82. The number of halogens is 2. The van der Waals surface area contributed by atoms with Gasteiger partial charge in [0.1, 0.15) is 0 Å². The number of nitrogens with zero attached hydrogens (tertiary/aromatic N) is 2. The molecule has 2 aromatic rings. The molecule has 0 aliphatic carbocycles. The fourth-order valence-electron chi connectivity index (χ4n) is 1.02. The Morgan fingerprint density at radius 1 is 1.17 bits per heavy atom. The number of benzene rings is 1. The van der Waals surface area contributed by atoms with Gasteiger partial charge in [-0.3, -0.25) is 0 Å². The summed E-state index contributed by atoms with van der Waals surface area (Å²) < 4.78 is 0. The molecule has 1 aromatic heterocycles. The number of hydrogen-bond acceptors (Lipinski definition) is 2. The fraction of sp³-hybridized carbons (Fsp3) is 0. The fourth-order valence-corrected chi connectivity index (χ4v) is 1.39. The lowest BCUT2D eigenvalue weighted by molar-refractivity contribution is 1.05. The van der Waals surface area contributed by atoms with Crippen molar-refractivity contribution in [3.05, 3.63) is 34.6 Å². The SMILES string of the molecule is Clc1ccc2cnnc(Cl)c2c1. The van der Waals surface area contributed by atoms with E-state index >= 15 is 0 Å². The Morgan fingerprint density at radius 3 is 2.83 bits per heavy atom. The highest BCUT2D eigenvalue weighted by Gasteiger charge is 2.00. The van der Waals surface area contributed by atoms with Crippen LogP contribution in [0.1, 0.15) is 0 Å². The molecule has 1 heterocycles. The van der Waals surface area contributed by atoms with Gasteiger partial charge in [-0.25, -0.2) is 0 Å². The van der Waals surface area contributed by atoms with E-state index in [9.17, 15) is 0 Å². The van der Waals surface area contributed by atoms with Crippen LogP contribution in [0.2, 0.25) is 10.2 Å². The Balaban J connectivity index is 2.88. The van der Waals surface area contributed by atoms with Gasteiger partial charge >= 0.3 is 0 Å². The molecule has 0 bridgehead atoms. The third-order valence-electron chi connectivity index (χ3n) is 1.58. The van der Waals surface area contributed by atoms with Crippen molar-refractivity contribution in [3.63, 3.8) is 0 Å². The molecular formula is C8H4Cl2N2. The lowest BCUT2D eigenvalue weighted by Gasteiger charge is -1.97. The van der Waals surface area contributed by atoms with Crippen molar-refractivity contribution in [2.75, 3.05) is 0 Å². The van der Waals surface area contributed by atoms with Gasteiger partial charge in [-0.05, 0) is 12.1 Å². The molecule has 12 heavy (non-hydrogen) atoms. The van der Waals surface area contributed by atoms with Gasteiger partial charge in [0.2, 0.25) is 0 Å². The topological polar surface area (TPSA) is 25.8 Å². The summed E-state index contributed by atoms with van der Waals surface area (Å²) in [5, 5.41) is 10.2. The Labute approximate surface area is 79.1 Å². The van der Waals surface area contributed by atoms with Crippen LogP contribution in [0.15, 0.2) is 24.4 Å². The molecule has 0 fully saturated rings. The molecular weight excluding hydrogens is 195 g/mol. The van der Waals surface area contributed by atoms with Crippen molar-refractivity contribution >= 4 is 34.0 Å². The van der Waals surface area contributed by atoms with Crippen molar-refractivity contribution in [2.24, 2.45) is 0 Å². The third kappa shape index (κ3) is 1.24. The smallest absolute Gasteiger partial charge is 0.157 e. The van der Waals surface area contributed by atoms with E-state index in [0.717, 1.165) is 10.8 Å². The van der Waals surface area contributed by atoms with E-state index in [1.807, 2.05) is 6.07 Å². The highest BCUT2D eigenvalue weighted by molar-refractivity contribution is 6.35. The average Bonchev–Trinajstić information content (AvgIpc) is 2.07. The first-order valence-corrected chi connectivity index (χ1v) is 4.09.